The highest BCUT2D eigenvalue weighted by atomic mass is 14.9. The van der Waals surface area contributed by atoms with E-state index in [1.807, 2.05) is 7.05 Å². The van der Waals surface area contributed by atoms with E-state index in [1.165, 1.54) is 16.5 Å². The Hall–Kier alpha value is -1.54. The van der Waals surface area contributed by atoms with Crippen molar-refractivity contribution in [3.8, 4) is 0 Å². The number of fused-ring (bicyclic) bond motifs is 1. The molecule has 0 fully saturated rings. The number of nitrogens with one attached hydrogen (secondary N) is 2. The van der Waals surface area contributed by atoms with Gasteiger partial charge in [0.15, 0.2) is 0 Å². The molecular formula is C13H16N2. The van der Waals surface area contributed by atoms with E-state index in [0.29, 0.717) is 0 Å². The van der Waals surface area contributed by atoms with Crippen LogP contribution >= 0.6 is 0 Å². The maximum absolute atomic E-state index is 3.43. The highest BCUT2D eigenvalue weighted by Crippen LogP contribution is 2.22. The van der Waals surface area contributed by atoms with Crippen LogP contribution in [-0.2, 0) is 0 Å². The van der Waals surface area contributed by atoms with Crippen molar-refractivity contribution in [1.82, 2.24) is 5.32 Å². The zero-order valence-corrected chi connectivity index (χ0v) is 8.96. The van der Waals surface area contributed by atoms with Crippen molar-refractivity contribution < 1.29 is 0 Å². The van der Waals surface area contributed by atoms with Crippen molar-refractivity contribution in [1.29, 1.82) is 0 Å². The monoisotopic (exact) mass is 200 g/mol. The topological polar surface area (TPSA) is 24.1 Å². The Bertz CT molecular complexity index is 432. The van der Waals surface area contributed by atoms with Crippen LogP contribution in [0, 0.1) is 0 Å². The number of benzene rings is 2. The Kier molecular flexibility index (Phi) is 3.20. The van der Waals surface area contributed by atoms with Crippen molar-refractivity contribution in [3.63, 3.8) is 0 Å². The first-order valence-electron chi connectivity index (χ1n) is 5.28. The second-order valence-electron chi connectivity index (χ2n) is 3.56. The Balaban J connectivity index is 2.26. The Morgan fingerprint density at radius 3 is 2.60 bits per heavy atom. The zero-order chi connectivity index (χ0) is 10.5. The summed E-state index contributed by atoms with van der Waals surface area (Å²) in [5, 5.41) is 9.12. The third-order valence-corrected chi connectivity index (χ3v) is 2.48. The molecule has 0 unspecified atom stereocenters. The summed E-state index contributed by atoms with van der Waals surface area (Å²) in [5.74, 6) is 0. The van der Waals surface area contributed by atoms with Crippen LogP contribution in [0.3, 0.4) is 0 Å². The molecule has 2 heteroatoms. The molecule has 0 aliphatic carbocycles. The van der Waals surface area contributed by atoms with E-state index in [4.69, 9.17) is 0 Å². The van der Waals surface area contributed by atoms with E-state index in [0.717, 1.165) is 13.1 Å². The van der Waals surface area contributed by atoms with E-state index in [-0.39, 0.29) is 0 Å². The molecule has 2 nitrogen and oxygen atoms in total. The molecule has 0 amide bonds. The van der Waals surface area contributed by atoms with Gasteiger partial charge in [-0.25, -0.2) is 0 Å². The first-order chi connectivity index (χ1) is 7.42. The van der Waals surface area contributed by atoms with Crippen molar-refractivity contribution in [3.05, 3.63) is 42.5 Å². The minimum atomic E-state index is 0.949. The van der Waals surface area contributed by atoms with Gasteiger partial charge in [0.05, 0.1) is 0 Å². The summed E-state index contributed by atoms with van der Waals surface area (Å²) >= 11 is 0. The molecule has 0 radical (unpaired) electrons. The maximum atomic E-state index is 3.43. The summed E-state index contributed by atoms with van der Waals surface area (Å²) in [5.41, 5.74) is 1.21. The summed E-state index contributed by atoms with van der Waals surface area (Å²) in [7, 11) is 1.96. The van der Waals surface area contributed by atoms with Crippen LogP contribution in [-0.4, -0.2) is 20.1 Å². The number of hydrogen-bond donors (Lipinski definition) is 2. The van der Waals surface area contributed by atoms with E-state index in [2.05, 4.69) is 53.1 Å². The predicted molar refractivity (Wildman–Crippen MR) is 66.4 cm³/mol. The molecule has 0 saturated heterocycles. The van der Waals surface area contributed by atoms with Gasteiger partial charge in [0, 0.05) is 24.2 Å². The lowest BCUT2D eigenvalue weighted by molar-refractivity contribution is 0.824. The number of anilines is 1. The fourth-order valence-electron chi connectivity index (χ4n) is 1.70. The first-order valence-corrected chi connectivity index (χ1v) is 5.28. The zero-order valence-electron chi connectivity index (χ0n) is 8.96. The molecule has 0 saturated carbocycles. The van der Waals surface area contributed by atoms with Gasteiger partial charge in [0.25, 0.3) is 0 Å². The highest BCUT2D eigenvalue weighted by molar-refractivity contribution is 5.93. The van der Waals surface area contributed by atoms with Gasteiger partial charge >= 0.3 is 0 Å². The molecule has 2 rings (SSSR count). The fourth-order valence-corrected chi connectivity index (χ4v) is 1.70. The molecule has 15 heavy (non-hydrogen) atoms. The number of rotatable bonds is 4. The van der Waals surface area contributed by atoms with Crippen LogP contribution in [0.5, 0.6) is 0 Å². The SMILES string of the molecule is CNCCNc1cccc2ccccc12. The molecule has 2 aromatic carbocycles. The summed E-state index contributed by atoms with van der Waals surface area (Å²) < 4.78 is 0. The summed E-state index contributed by atoms with van der Waals surface area (Å²) in [6.45, 7) is 1.92. The highest BCUT2D eigenvalue weighted by Gasteiger charge is 1.97. The van der Waals surface area contributed by atoms with Crippen molar-refractivity contribution >= 4 is 16.5 Å². The van der Waals surface area contributed by atoms with E-state index >= 15 is 0 Å². The molecular weight excluding hydrogens is 184 g/mol. The first kappa shape index (κ1) is 9.99. The quantitative estimate of drug-likeness (QED) is 0.741. The maximum Gasteiger partial charge on any atom is 0.0420 e. The van der Waals surface area contributed by atoms with Gasteiger partial charge in [-0.3, -0.25) is 0 Å². The van der Waals surface area contributed by atoms with Gasteiger partial charge in [0.2, 0.25) is 0 Å². The van der Waals surface area contributed by atoms with Crippen LogP contribution in [0.4, 0.5) is 5.69 Å². The van der Waals surface area contributed by atoms with Crippen molar-refractivity contribution in [2.75, 3.05) is 25.5 Å². The minimum absolute atomic E-state index is 0.949. The van der Waals surface area contributed by atoms with Gasteiger partial charge in [0.1, 0.15) is 0 Å². The van der Waals surface area contributed by atoms with Gasteiger partial charge in [-0.05, 0) is 18.5 Å². The van der Waals surface area contributed by atoms with E-state index < -0.39 is 0 Å². The van der Waals surface area contributed by atoms with Crippen LogP contribution in [0.1, 0.15) is 0 Å². The molecule has 2 aromatic rings. The van der Waals surface area contributed by atoms with Gasteiger partial charge in [-0.1, -0.05) is 36.4 Å². The molecule has 0 aromatic heterocycles. The summed E-state index contributed by atoms with van der Waals surface area (Å²) in [6, 6.07) is 14.8. The lowest BCUT2D eigenvalue weighted by Gasteiger charge is -2.09. The number of hydrogen-bond acceptors (Lipinski definition) is 2. The van der Waals surface area contributed by atoms with Crippen LogP contribution in [0.15, 0.2) is 42.5 Å². The Morgan fingerprint density at radius 2 is 1.73 bits per heavy atom. The van der Waals surface area contributed by atoms with Crippen LogP contribution in [0.2, 0.25) is 0 Å². The second kappa shape index (κ2) is 4.80. The summed E-state index contributed by atoms with van der Waals surface area (Å²) in [4.78, 5) is 0. The lowest BCUT2D eigenvalue weighted by Crippen LogP contribution is -2.17. The van der Waals surface area contributed by atoms with Crippen molar-refractivity contribution in [2.45, 2.75) is 0 Å². The molecule has 0 bridgehead atoms. The molecule has 78 valence electrons. The standard InChI is InChI=1S/C13H16N2/c1-14-9-10-15-13-8-4-6-11-5-2-3-7-12(11)13/h2-8,14-15H,9-10H2,1H3. The normalized spacial score (nSPS) is 10.5. The molecule has 0 spiro atoms. The third kappa shape index (κ3) is 2.28. The number of likely N-dealkylation sites (N-methyl/N-ethyl adjacent to an activating group) is 1. The molecule has 0 heterocycles. The largest absolute Gasteiger partial charge is 0.383 e. The average Bonchev–Trinajstić information content (AvgIpc) is 2.30. The average molecular weight is 200 g/mol. The van der Waals surface area contributed by atoms with E-state index in [1.54, 1.807) is 0 Å². The minimum Gasteiger partial charge on any atom is -0.383 e. The molecule has 0 aliphatic rings. The van der Waals surface area contributed by atoms with Crippen molar-refractivity contribution in [2.24, 2.45) is 0 Å². The molecule has 0 aliphatic heterocycles. The Labute approximate surface area is 90.3 Å². The predicted octanol–water partition coefficient (Wildman–Crippen LogP) is 2.47. The molecule has 2 N–H and O–H groups in total. The smallest absolute Gasteiger partial charge is 0.0420 e. The van der Waals surface area contributed by atoms with E-state index in [9.17, 15) is 0 Å². The summed E-state index contributed by atoms with van der Waals surface area (Å²) in [6.07, 6.45) is 0. The second-order valence-corrected chi connectivity index (χ2v) is 3.56. The van der Waals surface area contributed by atoms with Gasteiger partial charge in [-0.15, -0.1) is 0 Å². The van der Waals surface area contributed by atoms with Gasteiger partial charge in [-0.2, -0.15) is 0 Å². The third-order valence-electron chi connectivity index (χ3n) is 2.48. The Morgan fingerprint density at radius 1 is 0.933 bits per heavy atom. The van der Waals surface area contributed by atoms with Gasteiger partial charge < -0.3 is 10.6 Å². The van der Waals surface area contributed by atoms with Crippen LogP contribution in [0.25, 0.3) is 10.8 Å². The lowest BCUT2D eigenvalue weighted by atomic mass is 10.1. The fraction of sp³-hybridized carbons (Fsp3) is 0.231. The van der Waals surface area contributed by atoms with Crippen LogP contribution < -0.4 is 10.6 Å². The molecule has 0 atom stereocenters.